The lowest BCUT2D eigenvalue weighted by Crippen LogP contribution is -2.31. The molecule has 0 fully saturated rings. The second-order valence-corrected chi connectivity index (χ2v) is 6.01. The van der Waals surface area contributed by atoms with Gasteiger partial charge in [-0.2, -0.15) is 0 Å². The van der Waals surface area contributed by atoms with Gasteiger partial charge in [0.25, 0.3) is 5.91 Å². The fourth-order valence-electron chi connectivity index (χ4n) is 3.08. The number of Topliss-reactive ketones (excluding diaryl/α,β-unsaturated/α-hetero) is 1. The summed E-state index contributed by atoms with van der Waals surface area (Å²) in [4.78, 5) is 23.7. The molecule has 0 radical (unpaired) electrons. The van der Waals surface area contributed by atoms with Gasteiger partial charge in [-0.05, 0) is 61.6 Å². The Balaban J connectivity index is 0.00000208. The second-order valence-electron chi connectivity index (χ2n) is 6.01. The SMILES string of the molecule is CC(=O)c1ccc(C(=O)NC2CCCc3cc(N)ccc32)cc1.Cl. The van der Waals surface area contributed by atoms with Crippen LogP contribution in [-0.4, -0.2) is 11.7 Å². The predicted octanol–water partition coefficient (Wildman–Crippen LogP) is 3.70. The quantitative estimate of drug-likeness (QED) is 0.658. The molecule has 126 valence electrons. The molecule has 1 aliphatic rings. The molecular formula is C19H21ClN2O2. The molecule has 0 aliphatic heterocycles. The molecule has 0 heterocycles. The van der Waals surface area contributed by atoms with Crippen molar-refractivity contribution in [1.82, 2.24) is 5.32 Å². The Labute approximate surface area is 147 Å². The van der Waals surface area contributed by atoms with Gasteiger partial charge in [-0.15, -0.1) is 12.4 Å². The van der Waals surface area contributed by atoms with Crippen molar-refractivity contribution >= 4 is 29.8 Å². The second kappa shape index (κ2) is 7.49. The summed E-state index contributed by atoms with van der Waals surface area (Å²) in [7, 11) is 0. The van der Waals surface area contributed by atoms with E-state index < -0.39 is 0 Å². The number of fused-ring (bicyclic) bond motifs is 1. The van der Waals surface area contributed by atoms with Crippen molar-refractivity contribution in [3.63, 3.8) is 0 Å². The molecule has 1 unspecified atom stereocenters. The van der Waals surface area contributed by atoms with Crippen molar-refractivity contribution in [2.45, 2.75) is 32.2 Å². The first kappa shape index (κ1) is 18.0. The van der Waals surface area contributed by atoms with Crippen molar-refractivity contribution in [1.29, 1.82) is 0 Å². The topological polar surface area (TPSA) is 72.2 Å². The zero-order chi connectivity index (χ0) is 16.4. The molecule has 2 aromatic carbocycles. The third-order valence-electron chi connectivity index (χ3n) is 4.34. The number of nitrogen functional groups attached to an aromatic ring is 1. The molecule has 5 heteroatoms. The molecule has 0 bridgehead atoms. The maximum atomic E-state index is 12.5. The molecule has 4 nitrogen and oxygen atoms in total. The molecule has 0 saturated carbocycles. The zero-order valence-corrected chi connectivity index (χ0v) is 14.4. The van der Waals surface area contributed by atoms with Crippen LogP contribution in [0.2, 0.25) is 0 Å². The van der Waals surface area contributed by atoms with Gasteiger partial charge in [-0.3, -0.25) is 9.59 Å². The van der Waals surface area contributed by atoms with E-state index in [0.717, 1.165) is 30.5 Å². The number of rotatable bonds is 3. The van der Waals surface area contributed by atoms with Crippen LogP contribution in [0.5, 0.6) is 0 Å². The molecule has 0 saturated heterocycles. The Kier molecular flexibility index (Phi) is 5.62. The first-order valence-corrected chi connectivity index (χ1v) is 7.85. The lowest BCUT2D eigenvalue weighted by molar-refractivity contribution is 0.0931. The predicted molar refractivity (Wildman–Crippen MR) is 97.7 cm³/mol. The standard InChI is InChI=1S/C19H20N2O2.ClH/c1-12(22)13-5-7-14(8-6-13)19(23)21-18-4-2-3-15-11-16(20)9-10-17(15)18;/h5-11,18H,2-4,20H2,1H3,(H,21,23);1H. The maximum absolute atomic E-state index is 12.5. The molecule has 3 N–H and O–H groups in total. The molecular weight excluding hydrogens is 324 g/mol. The fraction of sp³-hybridized carbons (Fsp3) is 0.263. The summed E-state index contributed by atoms with van der Waals surface area (Å²) in [5.74, 6) is -0.120. The first-order chi connectivity index (χ1) is 11.0. The number of carbonyl (C=O) groups excluding carboxylic acids is 2. The number of nitrogens with one attached hydrogen (secondary N) is 1. The Morgan fingerprint density at radius 2 is 1.75 bits per heavy atom. The van der Waals surface area contributed by atoms with E-state index in [0.29, 0.717) is 11.1 Å². The monoisotopic (exact) mass is 344 g/mol. The number of amides is 1. The summed E-state index contributed by atoms with van der Waals surface area (Å²) >= 11 is 0. The van der Waals surface area contributed by atoms with E-state index in [1.807, 2.05) is 18.2 Å². The third kappa shape index (κ3) is 3.77. The van der Waals surface area contributed by atoms with Crippen molar-refractivity contribution in [3.05, 3.63) is 64.7 Å². The average Bonchev–Trinajstić information content (AvgIpc) is 2.54. The van der Waals surface area contributed by atoms with Crippen molar-refractivity contribution in [2.24, 2.45) is 0 Å². The summed E-state index contributed by atoms with van der Waals surface area (Å²) in [6.07, 6.45) is 2.96. The van der Waals surface area contributed by atoms with E-state index in [1.54, 1.807) is 24.3 Å². The summed E-state index contributed by atoms with van der Waals surface area (Å²) in [5, 5.41) is 3.09. The van der Waals surface area contributed by atoms with E-state index in [9.17, 15) is 9.59 Å². The summed E-state index contributed by atoms with van der Waals surface area (Å²) in [6, 6.07) is 12.7. The molecule has 0 spiro atoms. The van der Waals surface area contributed by atoms with Crippen LogP contribution in [0.1, 0.15) is 57.7 Å². The number of ketones is 1. The van der Waals surface area contributed by atoms with Crippen LogP contribution >= 0.6 is 12.4 Å². The minimum absolute atomic E-state index is 0. The number of halogens is 1. The average molecular weight is 345 g/mol. The lowest BCUT2D eigenvalue weighted by atomic mass is 9.87. The lowest BCUT2D eigenvalue weighted by Gasteiger charge is -2.26. The largest absolute Gasteiger partial charge is 0.399 e. The molecule has 3 rings (SSSR count). The van der Waals surface area contributed by atoms with Crippen LogP contribution < -0.4 is 11.1 Å². The van der Waals surface area contributed by atoms with Crippen LogP contribution in [0, 0.1) is 0 Å². The van der Waals surface area contributed by atoms with E-state index in [4.69, 9.17) is 5.73 Å². The molecule has 2 aromatic rings. The molecule has 1 amide bonds. The number of nitrogens with two attached hydrogens (primary N) is 1. The number of aryl methyl sites for hydroxylation is 1. The molecule has 0 aromatic heterocycles. The summed E-state index contributed by atoms with van der Waals surface area (Å²) < 4.78 is 0. The van der Waals surface area contributed by atoms with Gasteiger partial charge in [-0.25, -0.2) is 0 Å². The van der Waals surface area contributed by atoms with Crippen molar-refractivity contribution < 1.29 is 9.59 Å². The maximum Gasteiger partial charge on any atom is 0.251 e. The van der Waals surface area contributed by atoms with Gasteiger partial charge in [-0.1, -0.05) is 18.2 Å². The highest BCUT2D eigenvalue weighted by atomic mass is 35.5. The molecule has 24 heavy (non-hydrogen) atoms. The Morgan fingerprint density at radius 1 is 1.08 bits per heavy atom. The Bertz CT molecular complexity index is 756. The van der Waals surface area contributed by atoms with Gasteiger partial charge >= 0.3 is 0 Å². The van der Waals surface area contributed by atoms with Crippen molar-refractivity contribution in [3.8, 4) is 0 Å². The van der Waals surface area contributed by atoms with Crippen LogP contribution in [0.4, 0.5) is 5.69 Å². The summed E-state index contributed by atoms with van der Waals surface area (Å²) in [6.45, 7) is 1.51. The molecule has 1 atom stereocenters. The third-order valence-corrected chi connectivity index (χ3v) is 4.34. The fourth-order valence-corrected chi connectivity index (χ4v) is 3.08. The minimum Gasteiger partial charge on any atom is -0.399 e. The van der Waals surface area contributed by atoms with Gasteiger partial charge < -0.3 is 11.1 Å². The van der Waals surface area contributed by atoms with Crippen LogP contribution in [0.15, 0.2) is 42.5 Å². The van der Waals surface area contributed by atoms with Gasteiger partial charge in [0.15, 0.2) is 5.78 Å². The Hall–Kier alpha value is -2.33. The Morgan fingerprint density at radius 3 is 2.42 bits per heavy atom. The number of carbonyl (C=O) groups is 2. The number of hydrogen-bond acceptors (Lipinski definition) is 3. The van der Waals surface area contributed by atoms with Gasteiger partial charge in [0.2, 0.25) is 0 Å². The normalized spacial score (nSPS) is 15.8. The van der Waals surface area contributed by atoms with E-state index >= 15 is 0 Å². The van der Waals surface area contributed by atoms with Crippen LogP contribution in [0.25, 0.3) is 0 Å². The highest BCUT2D eigenvalue weighted by Crippen LogP contribution is 2.31. The van der Waals surface area contributed by atoms with E-state index in [1.165, 1.54) is 12.5 Å². The minimum atomic E-state index is -0.116. The van der Waals surface area contributed by atoms with Gasteiger partial charge in [0.1, 0.15) is 0 Å². The highest BCUT2D eigenvalue weighted by molar-refractivity contribution is 5.97. The number of benzene rings is 2. The summed E-state index contributed by atoms with van der Waals surface area (Å²) in [5.41, 5.74) is 10.1. The van der Waals surface area contributed by atoms with Crippen LogP contribution in [0.3, 0.4) is 0 Å². The first-order valence-electron chi connectivity index (χ1n) is 7.85. The van der Waals surface area contributed by atoms with E-state index in [2.05, 4.69) is 5.32 Å². The smallest absolute Gasteiger partial charge is 0.251 e. The van der Waals surface area contributed by atoms with Crippen LogP contribution in [-0.2, 0) is 6.42 Å². The van der Waals surface area contributed by atoms with E-state index in [-0.39, 0.29) is 30.1 Å². The van der Waals surface area contributed by atoms with Crippen molar-refractivity contribution in [2.75, 3.05) is 5.73 Å². The van der Waals surface area contributed by atoms with Gasteiger partial charge in [0.05, 0.1) is 6.04 Å². The zero-order valence-electron chi connectivity index (χ0n) is 13.5. The highest BCUT2D eigenvalue weighted by Gasteiger charge is 2.22. The number of hydrogen-bond donors (Lipinski definition) is 2. The van der Waals surface area contributed by atoms with Gasteiger partial charge in [0, 0.05) is 16.8 Å². The number of anilines is 1. The molecule has 1 aliphatic carbocycles.